The van der Waals surface area contributed by atoms with Crippen molar-refractivity contribution in [2.45, 2.75) is 0 Å². The second-order valence-electron chi connectivity index (χ2n) is 3.96. The maximum Gasteiger partial charge on any atom is 0.339 e. The van der Waals surface area contributed by atoms with Crippen molar-refractivity contribution in [2.24, 2.45) is 0 Å². The van der Waals surface area contributed by atoms with Crippen molar-refractivity contribution in [1.82, 2.24) is 15.0 Å². The predicted molar refractivity (Wildman–Crippen MR) is 79.7 cm³/mol. The molecule has 0 unspecified atom stereocenters. The Morgan fingerprint density at radius 1 is 0.864 bits per heavy atom. The minimum Gasteiger partial charge on any atom is -0.478 e. The smallest absolute Gasteiger partial charge is 0.339 e. The van der Waals surface area contributed by atoms with Gasteiger partial charge in [-0.2, -0.15) is 0 Å². The Labute approximate surface area is 127 Å². The molecule has 110 valence electrons. The van der Waals surface area contributed by atoms with E-state index in [9.17, 15) is 4.79 Å². The fourth-order valence-corrected chi connectivity index (χ4v) is 1.48. The first kappa shape index (κ1) is 15.1. The molecule has 0 aliphatic heterocycles. The number of pyridine rings is 1. The van der Waals surface area contributed by atoms with Crippen LogP contribution in [0, 0.1) is 0 Å². The molecule has 3 rings (SSSR count). The number of para-hydroxylation sites is 1. The molecule has 0 amide bonds. The summed E-state index contributed by atoms with van der Waals surface area (Å²) in [6.45, 7) is 0. The Morgan fingerprint density at radius 2 is 1.55 bits per heavy atom. The maximum atomic E-state index is 10.9. The highest BCUT2D eigenvalue weighted by atomic mass is 16.5. The van der Waals surface area contributed by atoms with Crippen LogP contribution in [0.3, 0.4) is 0 Å². The van der Waals surface area contributed by atoms with Crippen LogP contribution < -0.4 is 4.74 Å². The second kappa shape index (κ2) is 8.11. The summed E-state index contributed by atoms with van der Waals surface area (Å²) in [5, 5.41) is 8.92. The molecule has 0 spiro atoms. The van der Waals surface area contributed by atoms with Gasteiger partial charge in [-0.1, -0.05) is 18.2 Å². The standard InChI is InChI=1S/C11H8N2O3.C5H5N/c14-10(15)8-4-1-2-5-9(8)16-11-12-6-3-7-13-11;1-2-4-6-5-3-1/h1-7H,(H,14,15);1-5H. The number of benzene rings is 1. The Morgan fingerprint density at radius 3 is 2.09 bits per heavy atom. The fraction of sp³-hybridized carbons (Fsp3) is 0. The van der Waals surface area contributed by atoms with Crippen LogP contribution >= 0.6 is 0 Å². The zero-order valence-corrected chi connectivity index (χ0v) is 11.5. The van der Waals surface area contributed by atoms with Crippen LogP contribution in [0.2, 0.25) is 0 Å². The molecule has 1 N–H and O–H groups in total. The summed E-state index contributed by atoms with van der Waals surface area (Å²) in [6.07, 6.45) is 6.54. The van der Waals surface area contributed by atoms with Crippen LogP contribution in [0.25, 0.3) is 0 Å². The third kappa shape index (κ3) is 4.68. The van der Waals surface area contributed by atoms with Gasteiger partial charge in [0.15, 0.2) is 0 Å². The summed E-state index contributed by atoms with van der Waals surface area (Å²) in [5.41, 5.74) is 0.0787. The lowest BCUT2D eigenvalue weighted by Crippen LogP contribution is -2.00. The number of aromatic nitrogens is 3. The van der Waals surface area contributed by atoms with Gasteiger partial charge in [0.05, 0.1) is 0 Å². The molecule has 2 aromatic heterocycles. The molecule has 0 saturated heterocycles. The first-order valence-electron chi connectivity index (χ1n) is 6.39. The zero-order valence-electron chi connectivity index (χ0n) is 11.5. The summed E-state index contributed by atoms with van der Waals surface area (Å²) in [6, 6.07) is 13.8. The van der Waals surface area contributed by atoms with Gasteiger partial charge in [0.2, 0.25) is 0 Å². The van der Waals surface area contributed by atoms with Crippen LogP contribution in [0.5, 0.6) is 11.8 Å². The highest BCUT2D eigenvalue weighted by molar-refractivity contribution is 5.90. The van der Waals surface area contributed by atoms with Gasteiger partial charge < -0.3 is 9.84 Å². The van der Waals surface area contributed by atoms with E-state index in [2.05, 4.69) is 15.0 Å². The van der Waals surface area contributed by atoms with Crippen molar-refractivity contribution in [1.29, 1.82) is 0 Å². The molecule has 6 heteroatoms. The van der Waals surface area contributed by atoms with E-state index < -0.39 is 5.97 Å². The van der Waals surface area contributed by atoms with E-state index in [0.717, 1.165) is 0 Å². The lowest BCUT2D eigenvalue weighted by atomic mass is 10.2. The largest absolute Gasteiger partial charge is 0.478 e. The molecule has 0 aliphatic carbocycles. The molecule has 0 radical (unpaired) electrons. The van der Waals surface area contributed by atoms with E-state index in [1.54, 1.807) is 36.7 Å². The van der Waals surface area contributed by atoms with Crippen molar-refractivity contribution >= 4 is 5.97 Å². The number of hydrogen-bond acceptors (Lipinski definition) is 5. The average molecular weight is 295 g/mol. The van der Waals surface area contributed by atoms with Gasteiger partial charge in [0.1, 0.15) is 11.3 Å². The summed E-state index contributed by atoms with van der Waals surface area (Å²) in [7, 11) is 0. The number of rotatable bonds is 3. The van der Waals surface area contributed by atoms with Gasteiger partial charge in [0, 0.05) is 24.8 Å². The lowest BCUT2D eigenvalue weighted by molar-refractivity contribution is 0.0694. The van der Waals surface area contributed by atoms with Gasteiger partial charge >= 0.3 is 12.0 Å². The summed E-state index contributed by atoms with van der Waals surface area (Å²) in [5.74, 6) is -0.826. The first-order chi connectivity index (χ1) is 10.8. The van der Waals surface area contributed by atoms with E-state index in [0.29, 0.717) is 0 Å². The van der Waals surface area contributed by atoms with Crippen LogP contribution in [-0.4, -0.2) is 26.0 Å². The highest BCUT2D eigenvalue weighted by Crippen LogP contribution is 2.21. The molecule has 6 nitrogen and oxygen atoms in total. The minimum absolute atomic E-state index is 0.0787. The fourth-order valence-electron chi connectivity index (χ4n) is 1.48. The molecule has 0 atom stereocenters. The van der Waals surface area contributed by atoms with Crippen molar-refractivity contribution in [2.75, 3.05) is 0 Å². The molecule has 0 fully saturated rings. The second-order valence-corrected chi connectivity index (χ2v) is 3.96. The van der Waals surface area contributed by atoms with E-state index >= 15 is 0 Å². The van der Waals surface area contributed by atoms with Crippen LogP contribution in [-0.2, 0) is 0 Å². The minimum atomic E-state index is -1.05. The van der Waals surface area contributed by atoms with Gasteiger partial charge in [0.25, 0.3) is 0 Å². The third-order valence-electron chi connectivity index (χ3n) is 2.43. The van der Waals surface area contributed by atoms with Gasteiger partial charge in [-0.25, -0.2) is 14.8 Å². The monoisotopic (exact) mass is 295 g/mol. The molecule has 22 heavy (non-hydrogen) atoms. The number of hydrogen-bond donors (Lipinski definition) is 1. The third-order valence-corrected chi connectivity index (χ3v) is 2.43. The lowest BCUT2D eigenvalue weighted by Gasteiger charge is -2.05. The molecular weight excluding hydrogens is 282 g/mol. The molecule has 3 aromatic rings. The van der Waals surface area contributed by atoms with Crippen molar-refractivity contribution < 1.29 is 14.6 Å². The van der Waals surface area contributed by atoms with Crippen LogP contribution in [0.15, 0.2) is 73.3 Å². The Hall–Kier alpha value is -3.28. The SMILES string of the molecule is O=C(O)c1ccccc1Oc1ncccn1.c1ccncc1. The Balaban J connectivity index is 0.000000246. The van der Waals surface area contributed by atoms with Gasteiger partial charge in [-0.3, -0.25) is 4.98 Å². The quantitative estimate of drug-likeness (QED) is 0.799. The number of carboxylic acids is 1. The van der Waals surface area contributed by atoms with Crippen molar-refractivity contribution in [3.63, 3.8) is 0 Å². The summed E-state index contributed by atoms with van der Waals surface area (Å²) in [4.78, 5) is 22.4. The van der Waals surface area contributed by atoms with E-state index in [1.165, 1.54) is 18.5 Å². The Bertz CT molecular complexity index is 679. The zero-order chi connectivity index (χ0) is 15.6. The molecule has 0 aliphatic rings. The van der Waals surface area contributed by atoms with Crippen LogP contribution in [0.1, 0.15) is 10.4 Å². The summed E-state index contributed by atoms with van der Waals surface area (Å²) < 4.78 is 5.27. The van der Waals surface area contributed by atoms with Gasteiger partial charge in [-0.15, -0.1) is 0 Å². The number of carboxylic acid groups (broad SMARTS) is 1. The van der Waals surface area contributed by atoms with E-state index in [-0.39, 0.29) is 17.3 Å². The van der Waals surface area contributed by atoms with Crippen molar-refractivity contribution in [3.05, 3.63) is 78.9 Å². The topological polar surface area (TPSA) is 85.2 Å². The highest BCUT2D eigenvalue weighted by Gasteiger charge is 2.11. The van der Waals surface area contributed by atoms with Gasteiger partial charge in [-0.05, 0) is 30.3 Å². The van der Waals surface area contributed by atoms with Crippen LogP contribution in [0.4, 0.5) is 0 Å². The molecule has 0 bridgehead atoms. The first-order valence-corrected chi connectivity index (χ1v) is 6.39. The normalized spacial score (nSPS) is 9.27. The number of nitrogens with zero attached hydrogens (tertiary/aromatic N) is 3. The van der Waals surface area contributed by atoms with Crippen molar-refractivity contribution in [3.8, 4) is 11.8 Å². The van der Waals surface area contributed by atoms with E-state index in [1.807, 2.05) is 18.2 Å². The molecule has 0 saturated carbocycles. The number of ether oxygens (including phenoxy) is 1. The molecule has 2 heterocycles. The predicted octanol–water partition coefficient (Wildman–Crippen LogP) is 3.05. The summed E-state index contributed by atoms with van der Waals surface area (Å²) >= 11 is 0. The molecular formula is C16H13N3O3. The molecule has 1 aromatic carbocycles. The maximum absolute atomic E-state index is 10.9. The average Bonchev–Trinajstić information content (AvgIpc) is 2.58. The number of carbonyl (C=O) groups is 1. The Kier molecular flexibility index (Phi) is 5.57. The number of aromatic carboxylic acids is 1. The van der Waals surface area contributed by atoms with E-state index in [4.69, 9.17) is 9.84 Å².